The van der Waals surface area contributed by atoms with Gasteiger partial charge in [0.25, 0.3) is 11.8 Å². The lowest BCUT2D eigenvalue weighted by atomic mass is 9.87. The lowest BCUT2D eigenvalue weighted by molar-refractivity contribution is -0.135. The molecule has 1 aliphatic heterocycles. The molecule has 0 atom stereocenters. The summed E-state index contributed by atoms with van der Waals surface area (Å²) in [6, 6.07) is 13.8. The molecule has 2 amide bonds. The van der Waals surface area contributed by atoms with Crippen molar-refractivity contribution in [2.75, 3.05) is 12.4 Å². The molecule has 140 valence electrons. The van der Waals surface area contributed by atoms with Crippen LogP contribution in [0.1, 0.15) is 43.0 Å². The van der Waals surface area contributed by atoms with Crippen LogP contribution in [0.2, 0.25) is 0 Å². The largest absolute Gasteiger partial charge is 0.350 e. The molecular formula is C23H26N2O2. The molecule has 1 aliphatic rings. The molecule has 0 aromatic heterocycles. The Morgan fingerprint density at radius 1 is 0.852 bits per heavy atom. The van der Waals surface area contributed by atoms with Crippen molar-refractivity contribution in [1.29, 1.82) is 0 Å². The van der Waals surface area contributed by atoms with Crippen molar-refractivity contribution < 1.29 is 9.59 Å². The van der Waals surface area contributed by atoms with Gasteiger partial charge in [-0.3, -0.25) is 14.5 Å². The summed E-state index contributed by atoms with van der Waals surface area (Å²) in [5.41, 5.74) is 5.80. The predicted molar refractivity (Wildman–Crippen MR) is 109 cm³/mol. The van der Waals surface area contributed by atoms with Gasteiger partial charge in [0.05, 0.1) is 5.57 Å². The number of nitrogens with one attached hydrogen (secondary N) is 1. The molecule has 27 heavy (non-hydrogen) atoms. The smallest absolute Gasteiger partial charge is 0.277 e. The molecule has 0 fully saturated rings. The van der Waals surface area contributed by atoms with Gasteiger partial charge in [-0.15, -0.1) is 0 Å². The van der Waals surface area contributed by atoms with Gasteiger partial charge in [-0.2, -0.15) is 0 Å². The minimum absolute atomic E-state index is 0.0573. The second-order valence-electron chi connectivity index (χ2n) is 8.17. The zero-order valence-electron chi connectivity index (χ0n) is 16.8. The molecule has 4 heteroatoms. The summed E-state index contributed by atoms with van der Waals surface area (Å²) in [5.74, 6) is -0.592. The standard InChI is InChI=1S/C23H26N2O2/c1-14-7-8-16(13-15(14)2)19-20(22(27)25(6)21(19)26)24-18-11-9-17(10-12-18)23(3,4)5/h7-13,24H,1-6H3. The number of likely N-dealkylation sites (N-methyl/N-ethyl adjacent to an activating group) is 1. The molecule has 3 rings (SSSR count). The van der Waals surface area contributed by atoms with E-state index in [1.54, 1.807) is 0 Å². The molecule has 1 N–H and O–H groups in total. The maximum absolute atomic E-state index is 12.7. The second-order valence-corrected chi connectivity index (χ2v) is 8.17. The zero-order chi connectivity index (χ0) is 19.9. The molecule has 4 nitrogen and oxygen atoms in total. The Balaban J connectivity index is 2.03. The molecule has 0 saturated carbocycles. The summed E-state index contributed by atoms with van der Waals surface area (Å²) >= 11 is 0. The van der Waals surface area contributed by atoms with Crippen molar-refractivity contribution in [2.45, 2.75) is 40.0 Å². The molecule has 2 aromatic carbocycles. The van der Waals surface area contributed by atoms with Crippen LogP contribution in [0.25, 0.3) is 5.57 Å². The highest BCUT2D eigenvalue weighted by Crippen LogP contribution is 2.31. The molecule has 0 saturated heterocycles. The maximum Gasteiger partial charge on any atom is 0.277 e. The highest BCUT2D eigenvalue weighted by Gasteiger charge is 2.36. The Labute approximate surface area is 160 Å². The van der Waals surface area contributed by atoms with Crippen molar-refractivity contribution in [3.8, 4) is 0 Å². The monoisotopic (exact) mass is 362 g/mol. The maximum atomic E-state index is 12.7. The fourth-order valence-electron chi connectivity index (χ4n) is 3.12. The second kappa shape index (κ2) is 6.69. The minimum atomic E-state index is -0.312. The van der Waals surface area contributed by atoms with Crippen LogP contribution in [-0.2, 0) is 15.0 Å². The zero-order valence-corrected chi connectivity index (χ0v) is 16.8. The van der Waals surface area contributed by atoms with E-state index in [0.717, 1.165) is 27.3 Å². The first-order valence-electron chi connectivity index (χ1n) is 9.11. The van der Waals surface area contributed by atoms with Crippen molar-refractivity contribution >= 4 is 23.1 Å². The van der Waals surface area contributed by atoms with Gasteiger partial charge >= 0.3 is 0 Å². The Morgan fingerprint density at radius 3 is 2.04 bits per heavy atom. The van der Waals surface area contributed by atoms with E-state index in [4.69, 9.17) is 0 Å². The summed E-state index contributed by atoms with van der Waals surface area (Å²) < 4.78 is 0. The lowest BCUT2D eigenvalue weighted by Crippen LogP contribution is -2.27. The Bertz CT molecular complexity index is 947. The number of nitrogens with zero attached hydrogens (tertiary/aromatic N) is 1. The summed E-state index contributed by atoms with van der Waals surface area (Å²) in [6.07, 6.45) is 0. The van der Waals surface area contributed by atoms with E-state index in [9.17, 15) is 9.59 Å². The third-order valence-corrected chi connectivity index (χ3v) is 5.10. The molecular weight excluding hydrogens is 336 g/mol. The number of carbonyl (C=O) groups excluding carboxylic acids is 2. The quantitative estimate of drug-likeness (QED) is 0.822. The van der Waals surface area contributed by atoms with Crippen LogP contribution in [0.15, 0.2) is 48.2 Å². The molecule has 0 radical (unpaired) electrons. The Kier molecular flexibility index (Phi) is 4.68. The van der Waals surface area contributed by atoms with Gasteiger partial charge < -0.3 is 5.32 Å². The average Bonchev–Trinajstić information content (AvgIpc) is 2.81. The van der Waals surface area contributed by atoms with Gasteiger partial charge in [-0.05, 0) is 53.6 Å². The first-order valence-corrected chi connectivity index (χ1v) is 9.11. The van der Waals surface area contributed by atoms with E-state index in [1.165, 1.54) is 12.6 Å². The number of benzene rings is 2. The Morgan fingerprint density at radius 2 is 1.48 bits per heavy atom. The van der Waals surface area contributed by atoms with Crippen molar-refractivity contribution in [3.05, 3.63) is 70.4 Å². The van der Waals surface area contributed by atoms with Crippen molar-refractivity contribution in [1.82, 2.24) is 4.90 Å². The van der Waals surface area contributed by atoms with E-state index < -0.39 is 0 Å². The van der Waals surface area contributed by atoms with Crippen LogP contribution in [0.4, 0.5) is 5.69 Å². The predicted octanol–water partition coefficient (Wildman–Crippen LogP) is 4.42. The van der Waals surface area contributed by atoms with Gasteiger partial charge in [0.15, 0.2) is 0 Å². The summed E-state index contributed by atoms with van der Waals surface area (Å²) in [6.45, 7) is 10.5. The highest BCUT2D eigenvalue weighted by molar-refractivity contribution is 6.36. The lowest BCUT2D eigenvalue weighted by Gasteiger charge is -2.19. The number of rotatable bonds is 3. The number of anilines is 1. The normalized spacial score (nSPS) is 15.0. The van der Waals surface area contributed by atoms with Crippen LogP contribution in [-0.4, -0.2) is 23.8 Å². The van der Waals surface area contributed by atoms with Gasteiger partial charge in [-0.25, -0.2) is 0 Å². The van der Waals surface area contributed by atoms with Gasteiger partial charge in [-0.1, -0.05) is 51.1 Å². The molecule has 0 spiro atoms. The van der Waals surface area contributed by atoms with Crippen LogP contribution in [0, 0.1) is 13.8 Å². The average molecular weight is 362 g/mol. The van der Waals surface area contributed by atoms with Crippen LogP contribution < -0.4 is 5.32 Å². The van der Waals surface area contributed by atoms with E-state index in [1.807, 2.05) is 56.3 Å². The van der Waals surface area contributed by atoms with Crippen LogP contribution in [0.3, 0.4) is 0 Å². The van der Waals surface area contributed by atoms with Gasteiger partial charge in [0.2, 0.25) is 0 Å². The third kappa shape index (κ3) is 3.52. The van der Waals surface area contributed by atoms with Gasteiger partial charge in [0.1, 0.15) is 5.70 Å². The molecule has 0 bridgehead atoms. The summed E-state index contributed by atoms with van der Waals surface area (Å²) in [5, 5.41) is 3.18. The number of aryl methyl sites for hydroxylation is 2. The summed E-state index contributed by atoms with van der Waals surface area (Å²) in [7, 11) is 1.52. The van der Waals surface area contributed by atoms with Crippen molar-refractivity contribution in [2.24, 2.45) is 0 Å². The number of carbonyl (C=O) groups is 2. The van der Waals surface area contributed by atoms with E-state index >= 15 is 0 Å². The number of amides is 2. The number of hydrogen-bond acceptors (Lipinski definition) is 3. The first kappa shape index (κ1) is 18.9. The SMILES string of the molecule is Cc1ccc(C2=C(Nc3ccc(C(C)(C)C)cc3)C(=O)N(C)C2=O)cc1C. The fraction of sp³-hybridized carbons (Fsp3) is 0.304. The fourth-order valence-corrected chi connectivity index (χ4v) is 3.12. The van der Waals surface area contributed by atoms with E-state index in [0.29, 0.717) is 11.3 Å². The number of imide groups is 1. The van der Waals surface area contributed by atoms with Gasteiger partial charge in [0, 0.05) is 12.7 Å². The van der Waals surface area contributed by atoms with E-state index in [2.05, 4.69) is 26.1 Å². The topological polar surface area (TPSA) is 49.4 Å². The highest BCUT2D eigenvalue weighted by atomic mass is 16.2. The van der Waals surface area contributed by atoms with Crippen molar-refractivity contribution in [3.63, 3.8) is 0 Å². The minimum Gasteiger partial charge on any atom is -0.350 e. The number of hydrogen-bond donors (Lipinski definition) is 1. The Hall–Kier alpha value is -2.88. The molecule has 0 aliphatic carbocycles. The first-order chi connectivity index (χ1) is 12.6. The van der Waals surface area contributed by atoms with Crippen LogP contribution >= 0.6 is 0 Å². The molecule has 0 unspecified atom stereocenters. The van der Waals surface area contributed by atoms with E-state index in [-0.39, 0.29) is 17.2 Å². The molecule has 1 heterocycles. The molecule has 2 aromatic rings. The summed E-state index contributed by atoms with van der Waals surface area (Å²) in [4.78, 5) is 26.5. The third-order valence-electron chi connectivity index (χ3n) is 5.10. The van der Waals surface area contributed by atoms with Crippen LogP contribution in [0.5, 0.6) is 0 Å².